The molecule has 2 saturated carbocycles. The molecule has 0 bridgehead atoms. The highest BCUT2D eigenvalue weighted by atomic mass is 16.5. The van der Waals surface area contributed by atoms with Gasteiger partial charge < -0.3 is 15.1 Å². The maximum absolute atomic E-state index is 6.20. The molecule has 1 unspecified atom stereocenters. The molecule has 3 fully saturated rings. The fourth-order valence-electron chi connectivity index (χ4n) is 5.07. The van der Waals surface area contributed by atoms with E-state index in [1.807, 2.05) is 6.07 Å². The van der Waals surface area contributed by atoms with Gasteiger partial charge >= 0.3 is 0 Å². The minimum atomic E-state index is -0.0153. The Kier molecular flexibility index (Phi) is 4.63. The predicted octanol–water partition coefficient (Wildman–Crippen LogP) is 3.74. The van der Waals surface area contributed by atoms with Crippen LogP contribution in [0.15, 0.2) is 30.6 Å². The molecule has 1 aromatic carbocycles. The molecule has 170 valence electrons. The van der Waals surface area contributed by atoms with Crippen molar-refractivity contribution >= 4 is 11.5 Å². The van der Waals surface area contributed by atoms with E-state index >= 15 is 0 Å². The molecule has 6 rings (SSSR count). The van der Waals surface area contributed by atoms with Crippen LogP contribution in [0.1, 0.15) is 63.8 Å². The Labute approximate surface area is 190 Å². The highest BCUT2D eigenvalue weighted by molar-refractivity contribution is 5.61. The maximum Gasteiger partial charge on any atom is 0.132 e. The van der Waals surface area contributed by atoms with Gasteiger partial charge in [-0.3, -0.25) is 4.90 Å². The molecule has 4 aliphatic rings. The molecule has 2 aliphatic carbocycles. The third-order valence-corrected chi connectivity index (χ3v) is 8.21. The first-order valence-electron chi connectivity index (χ1n) is 12.1. The van der Waals surface area contributed by atoms with E-state index in [-0.39, 0.29) is 11.6 Å². The fraction of sp³-hybridized carbons (Fsp3) is 0.600. The Hall–Kier alpha value is -2.38. The number of nitrogens with zero attached hydrogens (tertiary/aromatic N) is 4. The first-order chi connectivity index (χ1) is 15.4. The normalized spacial score (nSPS) is 26.2. The molecule has 2 aromatic rings. The van der Waals surface area contributed by atoms with Gasteiger partial charge in [-0.2, -0.15) is 0 Å². The molecule has 0 amide bonds. The van der Waals surface area contributed by atoms with Gasteiger partial charge in [0.1, 0.15) is 23.5 Å². The third kappa shape index (κ3) is 3.71. The lowest BCUT2D eigenvalue weighted by Gasteiger charge is -2.40. The molecular formula is C25H34N6O. The SMILES string of the molecule is CC(N1CCN(c2cc([C@@H]3NNc4ccc(OC5(C)CC5)cc43)ncn2)CC1)C1(C)CC1. The number of hydrogen-bond acceptors (Lipinski definition) is 7. The molecule has 3 heterocycles. The molecule has 2 atom stereocenters. The number of aromatic nitrogens is 2. The zero-order chi connectivity index (χ0) is 21.9. The van der Waals surface area contributed by atoms with Crippen molar-refractivity contribution in [3.8, 4) is 5.75 Å². The quantitative estimate of drug-likeness (QED) is 0.718. The van der Waals surface area contributed by atoms with Gasteiger partial charge in [-0.25, -0.2) is 15.4 Å². The third-order valence-electron chi connectivity index (χ3n) is 8.21. The lowest BCUT2D eigenvalue weighted by Crippen LogP contribution is -2.51. The van der Waals surface area contributed by atoms with E-state index in [1.165, 1.54) is 18.4 Å². The van der Waals surface area contributed by atoms with Crippen LogP contribution in [0.4, 0.5) is 11.5 Å². The van der Waals surface area contributed by atoms with Gasteiger partial charge in [0, 0.05) is 43.9 Å². The lowest BCUT2D eigenvalue weighted by molar-refractivity contribution is 0.141. The second-order valence-corrected chi connectivity index (χ2v) is 10.7. The highest BCUT2D eigenvalue weighted by Gasteiger charge is 2.45. The number of hydrazine groups is 1. The van der Waals surface area contributed by atoms with Crippen LogP contribution in [0.3, 0.4) is 0 Å². The molecular weight excluding hydrogens is 400 g/mol. The molecule has 2 aliphatic heterocycles. The number of piperazine rings is 1. The van der Waals surface area contributed by atoms with Crippen molar-refractivity contribution in [3.63, 3.8) is 0 Å². The topological polar surface area (TPSA) is 65.5 Å². The van der Waals surface area contributed by atoms with E-state index in [2.05, 4.69) is 69.6 Å². The van der Waals surface area contributed by atoms with E-state index in [9.17, 15) is 0 Å². The Balaban J connectivity index is 1.17. The standard InChI is InChI=1S/C25H34N6O/c1-17(24(2)6-7-24)30-10-12-31(13-11-30)22-15-21(26-16-27-22)23-19-14-18(32-25(3)8-9-25)4-5-20(19)28-29-23/h4-5,14-17,23,28-29H,6-13H2,1-3H3/t17?,23-/m1/s1. The van der Waals surface area contributed by atoms with E-state index < -0.39 is 0 Å². The number of ether oxygens (including phenoxy) is 1. The number of benzene rings is 1. The van der Waals surface area contributed by atoms with E-state index in [4.69, 9.17) is 4.74 Å². The second-order valence-electron chi connectivity index (χ2n) is 10.7. The monoisotopic (exact) mass is 434 g/mol. The molecule has 1 aromatic heterocycles. The molecule has 0 radical (unpaired) electrons. The number of fused-ring (bicyclic) bond motifs is 1. The summed E-state index contributed by atoms with van der Waals surface area (Å²) in [6.45, 7) is 11.2. The van der Waals surface area contributed by atoms with Crippen LogP contribution >= 0.6 is 0 Å². The van der Waals surface area contributed by atoms with Crippen LogP contribution in [0.2, 0.25) is 0 Å². The summed E-state index contributed by atoms with van der Waals surface area (Å²) in [5.74, 6) is 1.95. The smallest absolute Gasteiger partial charge is 0.132 e. The molecule has 7 heteroatoms. The van der Waals surface area contributed by atoms with Gasteiger partial charge in [0.05, 0.1) is 17.4 Å². The van der Waals surface area contributed by atoms with Crippen molar-refractivity contribution in [3.05, 3.63) is 41.9 Å². The van der Waals surface area contributed by atoms with Crippen molar-refractivity contribution in [1.82, 2.24) is 20.3 Å². The van der Waals surface area contributed by atoms with Gasteiger partial charge in [0.15, 0.2) is 0 Å². The van der Waals surface area contributed by atoms with Crippen molar-refractivity contribution in [1.29, 1.82) is 0 Å². The summed E-state index contributed by atoms with van der Waals surface area (Å²) in [7, 11) is 0. The Morgan fingerprint density at radius 1 is 1.03 bits per heavy atom. The summed E-state index contributed by atoms with van der Waals surface area (Å²) in [5.41, 5.74) is 10.5. The number of rotatable bonds is 6. The summed E-state index contributed by atoms with van der Waals surface area (Å²) in [5, 5.41) is 0. The largest absolute Gasteiger partial charge is 0.488 e. The van der Waals surface area contributed by atoms with Crippen LogP contribution in [0.25, 0.3) is 0 Å². The maximum atomic E-state index is 6.20. The average molecular weight is 435 g/mol. The predicted molar refractivity (Wildman–Crippen MR) is 126 cm³/mol. The van der Waals surface area contributed by atoms with Crippen molar-refractivity contribution in [2.45, 2.75) is 64.1 Å². The summed E-state index contributed by atoms with van der Waals surface area (Å²) in [4.78, 5) is 14.3. The van der Waals surface area contributed by atoms with E-state index in [1.54, 1.807) is 6.33 Å². The minimum absolute atomic E-state index is 0.0153. The van der Waals surface area contributed by atoms with Gasteiger partial charge in [0.25, 0.3) is 0 Å². The van der Waals surface area contributed by atoms with Crippen LogP contribution in [0.5, 0.6) is 5.75 Å². The summed E-state index contributed by atoms with van der Waals surface area (Å²) in [6.07, 6.45) is 6.71. The molecule has 1 saturated heterocycles. The van der Waals surface area contributed by atoms with Crippen LogP contribution in [0, 0.1) is 5.41 Å². The zero-order valence-electron chi connectivity index (χ0n) is 19.4. The molecule has 0 spiro atoms. The average Bonchev–Trinajstić information content (AvgIpc) is 3.70. The highest BCUT2D eigenvalue weighted by Crippen LogP contribution is 2.50. The Morgan fingerprint density at radius 3 is 2.53 bits per heavy atom. The van der Waals surface area contributed by atoms with Crippen LogP contribution < -0.4 is 20.5 Å². The van der Waals surface area contributed by atoms with Gasteiger partial charge in [-0.1, -0.05) is 6.92 Å². The number of anilines is 2. The summed E-state index contributed by atoms with van der Waals surface area (Å²) in [6, 6.07) is 9.09. The molecule has 2 N–H and O–H groups in total. The van der Waals surface area contributed by atoms with Gasteiger partial charge in [-0.15, -0.1) is 0 Å². The van der Waals surface area contributed by atoms with Gasteiger partial charge in [0.2, 0.25) is 0 Å². The lowest BCUT2D eigenvalue weighted by atomic mass is 9.98. The summed E-state index contributed by atoms with van der Waals surface area (Å²) < 4.78 is 6.20. The second kappa shape index (κ2) is 7.32. The molecule has 32 heavy (non-hydrogen) atoms. The summed E-state index contributed by atoms with van der Waals surface area (Å²) >= 11 is 0. The number of hydrogen-bond donors (Lipinski definition) is 2. The fourth-order valence-corrected chi connectivity index (χ4v) is 5.07. The first kappa shape index (κ1) is 20.2. The molecule has 7 nitrogen and oxygen atoms in total. The minimum Gasteiger partial charge on any atom is -0.488 e. The van der Waals surface area contributed by atoms with Crippen molar-refractivity contribution in [2.24, 2.45) is 5.41 Å². The first-order valence-corrected chi connectivity index (χ1v) is 12.1. The van der Waals surface area contributed by atoms with Crippen molar-refractivity contribution < 1.29 is 4.74 Å². The Bertz CT molecular complexity index is 1010. The van der Waals surface area contributed by atoms with Gasteiger partial charge in [-0.05, 0) is 63.1 Å². The van der Waals surface area contributed by atoms with E-state index in [0.717, 1.165) is 62.0 Å². The van der Waals surface area contributed by atoms with Crippen LogP contribution in [-0.4, -0.2) is 52.7 Å². The number of nitrogens with one attached hydrogen (secondary N) is 2. The Morgan fingerprint density at radius 2 is 1.81 bits per heavy atom. The van der Waals surface area contributed by atoms with Crippen molar-refractivity contribution in [2.75, 3.05) is 36.5 Å². The zero-order valence-corrected chi connectivity index (χ0v) is 19.4. The van der Waals surface area contributed by atoms with Crippen LogP contribution in [-0.2, 0) is 0 Å². The van der Waals surface area contributed by atoms with E-state index in [0.29, 0.717) is 11.5 Å².